The zero-order valence-electron chi connectivity index (χ0n) is 18.5. The normalized spacial score (nSPS) is 14.4. The molecule has 1 aromatic carbocycles. The molecule has 168 valence electrons. The second-order valence-corrected chi connectivity index (χ2v) is 8.18. The number of anilines is 1. The molecule has 1 saturated heterocycles. The molecule has 4 heterocycles. The molecule has 0 unspecified atom stereocenters. The average Bonchev–Trinajstić information content (AvgIpc) is 3.33. The lowest BCUT2D eigenvalue weighted by atomic mass is 9.95. The maximum Gasteiger partial charge on any atom is 0.223 e. The first-order valence-corrected chi connectivity index (χ1v) is 11.1. The summed E-state index contributed by atoms with van der Waals surface area (Å²) in [6, 6.07) is 13.8. The number of hydrogen-bond donors (Lipinski definition) is 1. The number of benzene rings is 1. The number of nitrogens with one attached hydrogen (secondary N) is 1. The number of ether oxygens (including phenoxy) is 1. The van der Waals surface area contributed by atoms with Crippen molar-refractivity contribution in [3.8, 4) is 17.0 Å². The van der Waals surface area contributed by atoms with Crippen molar-refractivity contribution < 1.29 is 9.53 Å². The van der Waals surface area contributed by atoms with Crippen LogP contribution in [-0.4, -0.2) is 45.7 Å². The first kappa shape index (κ1) is 20.9. The summed E-state index contributed by atoms with van der Waals surface area (Å²) in [7, 11) is 1.66. The molecule has 4 aromatic rings. The number of amides is 1. The lowest BCUT2D eigenvalue weighted by Crippen LogP contribution is -2.40. The lowest BCUT2D eigenvalue weighted by Gasteiger charge is -2.32. The Hall–Kier alpha value is -3.94. The molecule has 1 amide bonds. The van der Waals surface area contributed by atoms with E-state index in [2.05, 4.69) is 26.3 Å². The van der Waals surface area contributed by atoms with E-state index in [9.17, 15) is 4.79 Å². The van der Waals surface area contributed by atoms with Crippen LogP contribution >= 0.6 is 0 Å². The van der Waals surface area contributed by atoms with Crippen LogP contribution in [0.4, 0.5) is 5.82 Å². The molecule has 0 bridgehead atoms. The summed E-state index contributed by atoms with van der Waals surface area (Å²) in [5.74, 6) is 1.81. The summed E-state index contributed by atoms with van der Waals surface area (Å²) in [4.78, 5) is 23.6. The molecule has 1 aliphatic heterocycles. The molecule has 8 nitrogen and oxygen atoms in total. The van der Waals surface area contributed by atoms with Gasteiger partial charge in [0.1, 0.15) is 11.3 Å². The second kappa shape index (κ2) is 9.28. The minimum Gasteiger partial charge on any atom is -0.497 e. The van der Waals surface area contributed by atoms with Crippen molar-refractivity contribution in [3.05, 3.63) is 72.8 Å². The van der Waals surface area contributed by atoms with Crippen LogP contribution in [0.3, 0.4) is 0 Å². The number of carbonyl (C=O) groups is 1. The van der Waals surface area contributed by atoms with Gasteiger partial charge in [-0.2, -0.15) is 5.10 Å². The van der Waals surface area contributed by atoms with Crippen LogP contribution in [0, 0.1) is 5.92 Å². The Morgan fingerprint density at radius 2 is 2.03 bits per heavy atom. The highest BCUT2D eigenvalue weighted by Gasteiger charge is 2.26. The third kappa shape index (κ3) is 4.50. The van der Waals surface area contributed by atoms with Gasteiger partial charge in [0.15, 0.2) is 5.82 Å². The minimum atomic E-state index is 0.00918. The molecule has 1 N–H and O–H groups in total. The number of pyridine rings is 1. The summed E-state index contributed by atoms with van der Waals surface area (Å²) in [6.45, 7) is 2.06. The minimum absolute atomic E-state index is 0.00918. The standard InChI is InChI=1S/C25H26N6O2/c1-33-21-6-2-5-20(14-21)22-15-23-24(27-10-13-31(23)29-22)30-11-7-19(8-12-30)25(32)28-17-18-4-3-9-26-16-18/h2-6,9-10,13-16,19H,7-8,11-12,17H2,1H3,(H,28,32). The molecular formula is C25H26N6O2. The maximum absolute atomic E-state index is 12.6. The van der Waals surface area contributed by atoms with Crippen LogP contribution < -0.4 is 15.0 Å². The van der Waals surface area contributed by atoms with E-state index in [4.69, 9.17) is 9.84 Å². The summed E-state index contributed by atoms with van der Waals surface area (Å²) in [5.41, 5.74) is 3.82. The predicted molar refractivity (Wildman–Crippen MR) is 126 cm³/mol. The van der Waals surface area contributed by atoms with E-state index < -0.39 is 0 Å². The van der Waals surface area contributed by atoms with Gasteiger partial charge in [-0.25, -0.2) is 9.50 Å². The number of rotatable bonds is 6. The van der Waals surface area contributed by atoms with E-state index in [0.717, 1.165) is 59.8 Å². The van der Waals surface area contributed by atoms with E-state index in [-0.39, 0.29) is 11.8 Å². The zero-order chi connectivity index (χ0) is 22.6. The molecule has 0 radical (unpaired) electrons. The van der Waals surface area contributed by atoms with E-state index in [1.165, 1.54) is 0 Å². The van der Waals surface area contributed by atoms with E-state index in [0.29, 0.717) is 6.54 Å². The highest BCUT2D eigenvalue weighted by molar-refractivity contribution is 5.79. The summed E-state index contributed by atoms with van der Waals surface area (Å²) < 4.78 is 7.22. The summed E-state index contributed by atoms with van der Waals surface area (Å²) in [5, 5.41) is 7.78. The van der Waals surface area contributed by atoms with Crippen LogP contribution in [0.25, 0.3) is 16.8 Å². The molecule has 0 saturated carbocycles. The van der Waals surface area contributed by atoms with Gasteiger partial charge in [0, 0.05) is 55.9 Å². The predicted octanol–water partition coefficient (Wildman–Crippen LogP) is 3.33. The fourth-order valence-corrected chi connectivity index (χ4v) is 4.27. The Balaban J connectivity index is 1.27. The number of methoxy groups -OCH3 is 1. The first-order chi connectivity index (χ1) is 16.2. The zero-order valence-corrected chi connectivity index (χ0v) is 18.5. The van der Waals surface area contributed by atoms with Crippen LogP contribution in [0.5, 0.6) is 5.75 Å². The van der Waals surface area contributed by atoms with Crippen LogP contribution in [0.2, 0.25) is 0 Å². The van der Waals surface area contributed by atoms with Crippen molar-refractivity contribution in [2.45, 2.75) is 19.4 Å². The first-order valence-electron chi connectivity index (χ1n) is 11.1. The highest BCUT2D eigenvalue weighted by atomic mass is 16.5. The third-order valence-electron chi connectivity index (χ3n) is 6.09. The molecule has 0 atom stereocenters. The van der Waals surface area contributed by atoms with Crippen molar-refractivity contribution in [1.29, 1.82) is 0 Å². The fraction of sp³-hybridized carbons (Fsp3) is 0.280. The molecule has 33 heavy (non-hydrogen) atoms. The molecule has 1 fully saturated rings. The average molecular weight is 443 g/mol. The third-order valence-corrected chi connectivity index (χ3v) is 6.09. The van der Waals surface area contributed by atoms with Crippen molar-refractivity contribution in [1.82, 2.24) is 24.9 Å². The van der Waals surface area contributed by atoms with Gasteiger partial charge in [-0.05, 0) is 42.7 Å². The van der Waals surface area contributed by atoms with Gasteiger partial charge in [0.2, 0.25) is 5.91 Å². The largest absolute Gasteiger partial charge is 0.497 e. The monoisotopic (exact) mass is 442 g/mol. The Bertz CT molecular complexity index is 1250. The molecule has 1 aliphatic rings. The Labute approximate surface area is 192 Å². The van der Waals surface area contributed by atoms with Crippen LogP contribution in [0.15, 0.2) is 67.3 Å². The van der Waals surface area contributed by atoms with E-state index in [1.807, 2.05) is 47.1 Å². The number of hydrogen-bond acceptors (Lipinski definition) is 6. The van der Waals surface area contributed by atoms with Crippen molar-refractivity contribution in [3.63, 3.8) is 0 Å². The number of aromatic nitrogens is 4. The number of nitrogens with zero attached hydrogens (tertiary/aromatic N) is 5. The SMILES string of the molecule is COc1cccc(-c2cc3c(N4CCC(C(=O)NCc5cccnc5)CC4)nccn3n2)c1. The summed E-state index contributed by atoms with van der Waals surface area (Å²) >= 11 is 0. The molecule has 0 aliphatic carbocycles. The van der Waals surface area contributed by atoms with Gasteiger partial charge in [-0.3, -0.25) is 9.78 Å². The van der Waals surface area contributed by atoms with Gasteiger partial charge in [0.05, 0.1) is 12.8 Å². The number of piperidine rings is 1. The molecular weight excluding hydrogens is 416 g/mol. The lowest BCUT2D eigenvalue weighted by molar-refractivity contribution is -0.125. The van der Waals surface area contributed by atoms with Gasteiger partial charge in [-0.15, -0.1) is 0 Å². The Morgan fingerprint density at radius 1 is 1.15 bits per heavy atom. The quantitative estimate of drug-likeness (QED) is 0.493. The van der Waals surface area contributed by atoms with Crippen molar-refractivity contribution in [2.24, 2.45) is 5.92 Å². The fourth-order valence-electron chi connectivity index (χ4n) is 4.27. The van der Waals surface area contributed by atoms with Crippen LogP contribution in [0.1, 0.15) is 18.4 Å². The molecule has 5 rings (SSSR count). The highest BCUT2D eigenvalue weighted by Crippen LogP contribution is 2.29. The number of carbonyl (C=O) groups excluding carboxylic acids is 1. The number of fused-ring (bicyclic) bond motifs is 1. The smallest absolute Gasteiger partial charge is 0.223 e. The van der Waals surface area contributed by atoms with Gasteiger partial charge in [0.25, 0.3) is 0 Å². The van der Waals surface area contributed by atoms with Gasteiger partial charge < -0.3 is 15.0 Å². The van der Waals surface area contributed by atoms with Gasteiger partial charge in [-0.1, -0.05) is 18.2 Å². The summed E-state index contributed by atoms with van der Waals surface area (Å²) in [6.07, 6.45) is 8.73. The Morgan fingerprint density at radius 3 is 2.82 bits per heavy atom. The molecule has 3 aromatic heterocycles. The topological polar surface area (TPSA) is 84.6 Å². The van der Waals surface area contributed by atoms with Gasteiger partial charge >= 0.3 is 0 Å². The van der Waals surface area contributed by atoms with Crippen LogP contribution in [-0.2, 0) is 11.3 Å². The van der Waals surface area contributed by atoms with E-state index in [1.54, 1.807) is 25.7 Å². The Kier molecular flexibility index (Phi) is 5.89. The molecule has 0 spiro atoms. The maximum atomic E-state index is 12.6. The van der Waals surface area contributed by atoms with Crippen molar-refractivity contribution in [2.75, 3.05) is 25.1 Å². The van der Waals surface area contributed by atoms with E-state index >= 15 is 0 Å². The van der Waals surface area contributed by atoms with Crippen molar-refractivity contribution >= 4 is 17.2 Å². The second-order valence-electron chi connectivity index (χ2n) is 8.18. The molecule has 8 heteroatoms.